The summed E-state index contributed by atoms with van der Waals surface area (Å²) >= 11 is 0. The van der Waals surface area contributed by atoms with Crippen LogP contribution in [0, 0.1) is 11.3 Å². The minimum Gasteiger partial charge on any atom is -0.382 e. The third-order valence-corrected chi connectivity index (χ3v) is 5.24. The maximum Gasteiger partial charge on any atom is 0.472 e. The predicted octanol–water partition coefficient (Wildman–Crippen LogP) is -0.431. The van der Waals surface area contributed by atoms with E-state index in [0.29, 0.717) is 5.52 Å². The van der Waals surface area contributed by atoms with Crippen LogP contribution in [0.3, 0.4) is 0 Å². The molecule has 0 amide bonds. The highest BCUT2D eigenvalue weighted by Crippen LogP contribution is 2.57. The Morgan fingerprint density at radius 2 is 2.32 bits per heavy atom. The molecule has 2 aliphatic rings. The van der Waals surface area contributed by atoms with Gasteiger partial charge in [-0.05, 0) is 12.1 Å². The Balaban J connectivity index is 1.91. The summed E-state index contributed by atoms with van der Waals surface area (Å²) in [5, 5.41) is 13.7. The topological polar surface area (TPSA) is 171 Å². The number of alkyl halides is 1. The van der Waals surface area contributed by atoms with E-state index in [2.05, 4.69) is 14.6 Å². The van der Waals surface area contributed by atoms with Gasteiger partial charge in [0.15, 0.2) is 5.82 Å². The fourth-order valence-electron chi connectivity index (χ4n) is 3.10. The Hall–Kier alpha value is -2.13. The van der Waals surface area contributed by atoms with Crippen molar-refractivity contribution in [3.8, 4) is 6.07 Å². The molecular weight excluding hydrogens is 358 g/mol. The minimum atomic E-state index is -4.50. The first-order chi connectivity index (χ1) is 11.7. The summed E-state index contributed by atoms with van der Waals surface area (Å²) in [7, 11) is -4.50. The number of aromatic nitrogens is 3. The smallest absolute Gasteiger partial charge is 0.382 e. The lowest BCUT2D eigenvalue weighted by Gasteiger charge is -2.33. The molecule has 0 bridgehead atoms. The van der Waals surface area contributed by atoms with Crippen LogP contribution in [0.2, 0.25) is 0 Å². The number of rotatable bonds is 1. The summed E-state index contributed by atoms with van der Waals surface area (Å²) in [5.41, 5.74) is 9.37. The van der Waals surface area contributed by atoms with Gasteiger partial charge in [-0.15, -0.1) is 0 Å². The normalized spacial score (nSPS) is 40.7. The lowest BCUT2D eigenvalue weighted by molar-refractivity contribution is -0.0772. The zero-order valence-electron chi connectivity index (χ0n) is 12.4. The van der Waals surface area contributed by atoms with Crippen molar-refractivity contribution in [2.45, 2.75) is 23.6 Å². The quantitative estimate of drug-likeness (QED) is 0.442. The molecule has 13 heteroatoms. The van der Waals surface area contributed by atoms with Gasteiger partial charge in [-0.2, -0.15) is 10.4 Å². The van der Waals surface area contributed by atoms with E-state index < -0.39 is 38.0 Å². The van der Waals surface area contributed by atoms with Crippen LogP contribution >= 0.6 is 7.82 Å². The van der Waals surface area contributed by atoms with E-state index in [-0.39, 0.29) is 11.5 Å². The molecule has 0 spiro atoms. The largest absolute Gasteiger partial charge is 0.472 e. The van der Waals surface area contributed by atoms with Crippen molar-refractivity contribution < 1.29 is 27.6 Å². The van der Waals surface area contributed by atoms with Crippen LogP contribution in [-0.4, -0.2) is 44.1 Å². The van der Waals surface area contributed by atoms with Crippen LogP contribution in [0.4, 0.5) is 10.2 Å². The molecule has 4 heterocycles. The Morgan fingerprint density at radius 1 is 1.56 bits per heavy atom. The van der Waals surface area contributed by atoms with Gasteiger partial charge in [0.25, 0.3) is 0 Å². The van der Waals surface area contributed by atoms with E-state index >= 15 is 4.39 Å². The van der Waals surface area contributed by atoms with Crippen LogP contribution in [0.15, 0.2) is 18.5 Å². The van der Waals surface area contributed by atoms with Crippen molar-refractivity contribution in [2.24, 2.45) is 5.73 Å². The molecule has 0 saturated carbocycles. The Bertz CT molecular complexity index is 959. The summed E-state index contributed by atoms with van der Waals surface area (Å²) in [6.07, 6.45) is -1.74. The monoisotopic (exact) mass is 370 g/mol. The lowest BCUT2D eigenvalue weighted by Crippen LogP contribution is -2.59. The average Bonchev–Trinajstić information content (AvgIpc) is 3.07. The number of ether oxygens (including phenoxy) is 1. The van der Waals surface area contributed by atoms with E-state index in [9.17, 15) is 14.7 Å². The summed E-state index contributed by atoms with van der Waals surface area (Å²) < 4.78 is 43.2. The number of nitrogen functional groups attached to an aromatic ring is 1. The van der Waals surface area contributed by atoms with E-state index in [4.69, 9.17) is 20.7 Å². The fourth-order valence-corrected chi connectivity index (χ4v) is 4.08. The first-order valence-corrected chi connectivity index (χ1v) is 8.53. The summed E-state index contributed by atoms with van der Waals surface area (Å²) in [5.74, 6) is -2.87. The second-order valence-electron chi connectivity index (χ2n) is 5.67. The zero-order valence-corrected chi connectivity index (χ0v) is 13.3. The SMILES string of the molecule is N#CC1(c2ccc3c(N)ncnn23)O[C@@H]2COP(=O)(O)O[C@H]2[C@@]1(N)F. The highest BCUT2D eigenvalue weighted by Gasteiger charge is 2.71. The Labute approximate surface area is 139 Å². The molecule has 5 N–H and O–H groups in total. The van der Waals surface area contributed by atoms with Crippen LogP contribution < -0.4 is 11.5 Å². The predicted molar refractivity (Wildman–Crippen MR) is 78.2 cm³/mol. The lowest BCUT2D eigenvalue weighted by atomic mass is 9.88. The number of hydrogen-bond donors (Lipinski definition) is 3. The molecule has 5 atom stereocenters. The number of hydrogen-bond acceptors (Lipinski definition) is 9. The number of phosphoric acid groups is 1. The second kappa shape index (κ2) is 4.95. The summed E-state index contributed by atoms with van der Waals surface area (Å²) in [6.45, 7) is -0.467. The molecule has 2 unspecified atom stereocenters. The Kier molecular flexibility index (Phi) is 3.24. The van der Waals surface area contributed by atoms with Crippen LogP contribution in [0.5, 0.6) is 0 Å². The van der Waals surface area contributed by atoms with Gasteiger partial charge in [-0.3, -0.25) is 14.8 Å². The van der Waals surface area contributed by atoms with Gasteiger partial charge in [0.1, 0.15) is 30.1 Å². The standard InChI is InChI=1S/C12H12FN6O5P/c13-12(16)9-7(3-22-25(20,21)24-9)23-11(12,4-14)8-2-1-6-10(15)17-5-18-19(6)8/h1-2,5,7,9H,3,16H2,(H,20,21)(H2,15,17,18)/t7-,9-,11?,12+/m1/s1. The van der Waals surface area contributed by atoms with Gasteiger partial charge in [0.05, 0.1) is 12.3 Å². The first kappa shape index (κ1) is 16.3. The highest BCUT2D eigenvalue weighted by molar-refractivity contribution is 7.47. The molecule has 11 nitrogen and oxygen atoms in total. The van der Waals surface area contributed by atoms with Crippen molar-refractivity contribution in [3.05, 3.63) is 24.2 Å². The van der Waals surface area contributed by atoms with Crippen molar-refractivity contribution in [1.29, 1.82) is 5.26 Å². The van der Waals surface area contributed by atoms with Crippen molar-refractivity contribution >= 4 is 19.2 Å². The highest BCUT2D eigenvalue weighted by atomic mass is 31.2. The molecular formula is C12H12FN6O5P. The number of fused-ring (bicyclic) bond motifs is 2. The third-order valence-electron chi connectivity index (χ3n) is 4.27. The Morgan fingerprint density at radius 3 is 3.04 bits per heavy atom. The molecule has 4 rings (SSSR count). The first-order valence-electron chi connectivity index (χ1n) is 7.03. The van der Waals surface area contributed by atoms with Gasteiger partial charge in [0.2, 0.25) is 11.4 Å². The van der Waals surface area contributed by atoms with Crippen molar-refractivity contribution in [2.75, 3.05) is 12.3 Å². The molecule has 2 fully saturated rings. The van der Waals surface area contributed by atoms with Crippen molar-refractivity contribution in [3.63, 3.8) is 0 Å². The van der Waals surface area contributed by atoms with E-state index in [1.807, 2.05) is 0 Å². The molecule has 0 aliphatic carbocycles. The second-order valence-corrected chi connectivity index (χ2v) is 7.07. The molecule has 132 valence electrons. The molecule has 2 aromatic rings. The maximum absolute atomic E-state index is 15.5. The molecule has 2 aromatic heterocycles. The van der Waals surface area contributed by atoms with Gasteiger partial charge in [-0.25, -0.2) is 18.5 Å². The van der Waals surface area contributed by atoms with Gasteiger partial charge in [-0.1, -0.05) is 0 Å². The number of anilines is 1. The number of phosphoric ester groups is 1. The minimum absolute atomic E-state index is 0.0603. The van der Waals surface area contributed by atoms with E-state index in [1.54, 1.807) is 6.07 Å². The molecule has 0 radical (unpaired) electrons. The summed E-state index contributed by atoms with van der Waals surface area (Å²) in [4.78, 5) is 13.2. The van der Waals surface area contributed by atoms with Crippen LogP contribution in [-0.2, 0) is 24.0 Å². The average molecular weight is 370 g/mol. The molecule has 25 heavy (non-hydrogen) atoms. The van der Waals surface area contributed by atoms with Crippen molar-refractivity contribution in [1.82, 2.24) is 14.6 Å². The van der Waals surface area contributed by atoms with Gasteiger partial charge in [0, 0.05) is 0 Å². The van der Waals surface area contributed by atoms with E-state index in [1.165, 1.54) is 16.6 Å². The molecule has 2 saturated heterocycles. The van der Waals surface area contributed by atoms with Crippen LogP contribution in [0.1, 0.15) is 5.69 Å². The maximum atomic E-state index is 15.5. The molecule has 2 aliphatic heterocycles. The molecule has 0 aromatic carbocycles. The van der Waals surface area contributed by atoms with Gasteiger partial charge >= 0.3 is 7.82 Å². The number of nitrogens with zero attached hydrogens (tertiary/aromatic N) is 4. The van der Waals surface area contributed by atoms with Gasteiger partial charge < -0.3 is 15.4 Å². The third kappa shape index (κ3) is 2.05. The number of halogens is 1. The summed E-state index contributed by atoms with van der Waals surface area (Å²) in [6, 6.07) is 4.55. The fraction of sp³-hybridized carbons (Fsp3) is 0.417. The van der Waals surface area contributed by atoms with E-state index in [0.717, 1.165) is 6.33 Å². The number of nitriles is 1. The zero-order chi connectivity index (χ0) is 18.0. The number of nitrogens with two attached hydrogens (primary N) is 2. The van der Waals surface area contributed by atoms with Crippen LogP contribution in [0.25, 0.3) is 5.52 Å².